The first-order valence-electron chi connectivity index (χ1n) is 6.98. The van der Waals surface area contributed by atoms with Gasteiger partial charge in [0.05, 0.1) is 6.10 Å². The molecule has 3 unspecified atom stereocenters. The Morgan fingerprint density at radius 1 is 0.875 bits per heavy atom. The molecule has 1 heteroatoms. The van der Waals surface area contributed by atoms with E-state index >= 15 is 0 Å². The monoisotopic (exact) mass is 222 g/mol. The maximum Gasteiger partial charge on any atom is 0.0652 e. The molecule has 3 fully saturated rings. The van der Waals surface area contributed by atoms with Crippen LogP contribution in [-0.4, -0.2) is 11.2 Å². The minimum absolute atomic E-state index is 0.0418. The van der Waals surface area contributed by atoms with Gasteiger partial charge in [-0.15, -0.1) is 0 Å². The van der Waals surface area contributed by atoms with E-state index < -0.39 is 0 Å². The molecule has 3 aliphatic rings. The van der Waals surface area contributed by atoms with Crippen LogP contribution in [0.1, 0.15) is 59.8 Å². The first-order valence-corrected chi connectivity index (χ1v) is 6.98. The van der Waals surface area contributed by atoms with Gasteiger partial charge in [-0.2, -0.15) is 0 Å². The van der Waals surface area contributed by atoms with Gasteiger partial charge in [0.25, 0.3) is 0 Å². The van der Waals surface area contributed by atoms with Crippen molar-refractivity contribution in [3.63, 3.8) is 0 Å². The standard InChI is InChI=1S/C15H26O/c1-13(2)8-10-11(9-13)15(4)7-5-6-14(10,3)12(15)16/h10-12,16H,5-9H2,1-4H3/t10-,11+,12?,14?,15?. The third kappa shape index (κ3) is 1.11. The molecule has 5 atom stereocenters. The van der Waals surface area contributed by atoms with Gasteiger partial charge in [0.1, 0.15) is 0 Å². The van der Waals surface area contributed by atoms with E-state index in [2.05, 4.69) is 27.7 Å². The van der Waals surface area contributed by atoms with Gasteiger partial charge in [0.15, 0.2) is 0 Å². The maximum atomic E-state index is 10.7. The molecule has 16 heavy (non-hydrogen) atoms. The Morgan fingerprint density at radius 2 is 1.31 bits per heavy atom. The Balaban J connectivity index is 2.04. The summed E-state index contributed by atoms with van der Waals surface area (Å²) in [7, 11) is 0. The van der Waals surface area contributed by atoms with E-state index in [1.54, 1.807) is 0 Å². The average Bonchev–Trinajstić information content (AvgIpc) is 2.54. The SMILES string of the molecule is CC1(C)C[C@@H]2[C@H](C1)C1(C)CCCC2(C)C1O. The third-order valence-corrected chi connectivity index (χ3v) is 6.41. The molecule has 0 heterocycles. The smallest absolute Gasteiger partial charge is 0.0652 e. The van der Waals surface area contributed by atoms with Crippen molar-refractivity contribution < 1.29 is 5.11 Å². The van der Waals surface area contributed by atoms with Crippen molar-refractivity contribution in [1.82, 2.24) is 0 Å². The second kappa shape index (κ2) is 2.85. The highest BCUT2D eigenvalue weighted by molar-refractivity contribution is 5.16. The molecule has 2 bridgehead atoms. The van der Waals surface area contributed by atoms with Crippen molar-refractivity contribution >= 4 is 0 Å². The number of fused-ring (bicyclic) bond motifs is 5. The molecule has 3 rings (SSSR count). The molecule has 1 N–H and O–H groups in total. The molecule has 0 amide bonds. The van der Waals surface area contributed by atoms with Gasteiger partial charge in [-0.05, 0) is 53.8 Å². The molecule has 0 spiro atoms. The fourth-order valence-corrected chi connectivity index (χ4v) is 5.60. The zero-order valence-corrected chi connectivity index (χ0v) is 11.2. The number of rotatable bonds is 0. The van der Waals surface area contributed by atoms with Gasteiger partial charge in [0.2, 0.25) is 0 Å². The van der Waals surface area contributed by atoms with Gasteiger partial charge in [0, 0.05) is 0 Å². The summed E-state index contributed by atoms with van der Waals surface area (Å²) in [4.78, 5) is 0. The highest BCUT2D eigenvalue weighted by Gasteiger charge is 2.67. The zero-order chi connectivity index (χ0) is 11.8. The van der Waals surface area contributed by atoms with Crippen LogP contribution in [0.4, 0.5) is 0 Å². The van der Waals surface area contributed by atoms with Gasteiger partial charge in [-0.25, -0.2) is 0 Å². The summed E-state index contributed by atoms with van der Waals surface area (Å²) in [6, 6.07) is 0. The Kier molecular flexibility index (Phi) is 1.98. The second-order valence-electron chi connectivity index (χ2n) is 8.05. The van der Waals surface area contributed by atoms with Crippen LogP contribution in [-0.2, 0) is 0 Å². The van der Waals surface area contributed by atoms with Crippen LogP contribution >= 0.6 is 0 Å². The lowest BCUT2D eigenvalue weighted by Gasteiger charge is -2.44. The van der Waals surface area contributed by atoms with Crippen LogP contribution in [0.5, 0.6) is 0 Å². The molecule has 3 aliphatic carbocycles. The number of aliphatic hydroxyl groups excluding tert-OH is 1. The highest BCUT2D eigenvalue weighted by Crippen LogP contribution is 2.71. The van der Waals surface area contributed by atoms with E-state index in [1.165, 1.54) is 32.1 Å². The molecular formula is C15H26O. The van der Waals surface area contributed by atoms with Gasteiger partial charge >= 0.3 is 0 Å². The molecule has 0 aromatic heterocycles. The van der Waals surface area contributed by atoms with Crippen LogP contribution < -0.4 is 0 Å². The minimum Gasteiger partial charge on any atom is -0.392 e. The van der Waals surface area contributed by atoms with Crippen LogP contribution in [0.15, 0.2) is 0 Å². The lowest BCUT2D eigenvalue weighted by molar-refractivity contribution is -0.0656. The van der Waals surface area contributed by atoms with Crippen LogP contribution in [0, 0.1) is 28.1 Å². The molecule has 0 saturated heterocycles. The van der Waals surface area contributed by atoms with E-state index in [9.17, 15) is 5.11 Å². The maximum absolute atomic E-state index is 10.7. The predicted molar refractivity (Wildman–Crippen MR) is 66.1 cm³/mol. The Labute approximate surface area is 99.6 Å². The first-order chi connectivity index (χ1) is 7.30. The summed E-state index contributed by atoms with van der Waals surface area (Å²) < 4.78 is 0. The van der Waals surface area contributed by atoms with Gasteiger partial charge in [-0.1, -0.05) is 34.1 Å². The minimum atomic E-state index is -0.0418. The Hall–Kier alpha value is -0.0400. The van der Waals surface area contributed by atoms with Crippen molar-refractivity contribution in [2.45, 2.75) is 65.9 Å². The van der Waals surface area contributed by atoms with Crippen LogP contribution in [0.25, 0.3) is 0 Å². The summed E-state index contributed by atoms with van der Waals surface area (Å²) in [5, 5.41) is 10.7. The second-order valence-corrected chi connectivity index (χ2v) is 8.05. The summed E-state index contributed by atoms with van der Waals surface area (Å²) in [6.07, 6.45) is 6.46. The molecule has 92 valence electrons. The lowest BCUT2D eigenvalue weighted by atomic mass is 9.63. The summed E-state index contributed by atoms with van der Waals surface area (Å²) in [6.45, 7) is 9.56. The third-order valence-electron chi connectivity index (χ3n) is 6.41. The zero-order valence-electron chi connectivity index (χ0n) is 11.2. The molecule has 0 aromatic carbocycles. The Bertz CT molecular complexity index is 293. The van der Waals surface area contributed by atoms with Crippen LogP contribution in [0.2, 0.25) is 0 Å². The largest absolute Gasteiger partial charge is 0.392 e. The summed E-state index contributed by atoms with van der Waals surface area (Å²) in [5.74, 6) is 1.56. The Morgan fingerprint density at radius 3 is 1.75 bits per heavy atom. The van der Waals surface area contributed by atoms with Crippen LogP contribution in [0.3, 0.4) is 0 Å². The van der Waals surface area contributed by atoms with Gasteiger partial charge < -0.3 is 5.11 Å². The lowest BCUT2D eigenvalue weighted by Crippen LogP contribution is -2.44. The molecular weight excluding hydrogens is 196 g/mol. The predicted octanol–water partition coefficient (Wildman–Crippen LogP) is 3.61. The fraction of sp³-hybridized carbons (Fsp3) is 1.00. The van der Waals surface area contributed by atoms with Crippen molar-refractivity contribution in [2.24, 2.45) is 28.1 Å². The van der Waals surface area contributed by atoms with Crippen molar-refractivity contribution in [2.75, 3.05) is 0 Å². The number of aliphatic hydroxyl groups is 1. The van der Waals surface area contributed by atoms with Gasteiger partial charge in [-0.3, -0.25) is 0 Å². The molecule has 3 saturated carbocycles. The topological polar surface area (TPSA) is 20.2 Å². The fourth-order valence-electron chi connectivity index (χ4n) is 5.60. The normalized spacial score (nSPS) is 58.7. The van der Waals surface area contributed by atoms with Crippen molar-refractivity contribution in [3.8, 4) is 0 Å². The van der Waals surface area contributed by atoms with Crippen molar-refractivity contribution in [3.05, 3.63) is 0 Å². The molecule has 0 aliphatic heterocycles. The summed E-state index contributed by atoms with van der Waals surface area (Å²) >= 11 is 0. The average molecular weight is 222 g/mol. The van der Waals surface area contributed by atoms with E-state index in [-0.39, 0.29) is 16.9 Å². The molecule has 0 radical (unpaired) electrons. The molecule has 1 nitrogen and oxygen atoms in total. The molecule has 0 aromatic rings. The number of hydrogen-bond acceptors (Lipinski definition) is 1. The van der Waals surface area contributed by atoms with E-state index in [0.29, 0.717) is 5.41 Å². The van der Waals surface area contributed by atoms with E-state index in [1.807, 2.05) is 0 Å². The van der Waals surface area contributed by atoms with E-state index in [0.717, 1.165) is 11.8 Å². The quantitative estimate of drug-likeness (QED) is 0.664. The first kappa shape index (κ1) is 11.1. The number of hydrogen-bond donors (Lipinski definition) is 1. The van der Waals surface area contributed by atoms with Crippen molar-refractivity contribution in [1.29, 1.82) is 0 Å². The summed E-state index contributed by atoms with van der Waals surface area (Å²) in [5.41, 5.74) is 0.964. The highest BCUT2D eigenvalue weighted by atomic mass is 16.3. The van der Waals surface area contributed by atoms with E-state index in [4.69, 9.17) is 0 Å².